The van der Waals surface area contributed by atoms with Gasteiger partial charge in [-0.2, -0.15) is 4.98 Å². The molecule has 0 aliphatic heterocycles. The minimum Gasteiger partial charge on any atom is -0.484 e. The lowest BCUT2D eigenvalue weighted by Crippen LogP contribution is -1.99. The monoisotopic (exact) mass is 277 g/mol. The van der Waals surface area contributed by atoms with E-state index in [4.69, 9.17) is 9.26 Å². The van der Waals surface area contributed by atoms with Gasteiger partial charge in [0.05, 0.1) is 11.0 Å². The third-order valence-electron chi connectivity index (χ3n) is 2.49. The van der Waals surface area contributed by atoms with Crippen LogP contribution in [0.4, 0.5) is 5.69 Å². The van der Waals surface area contributed by atoms with E-state index >= 15 is 0 Å². The maximum absolute atomic E-state index is 10.6. The summed E-state index contributed by atoms with van der Waals surface area (Å²) in [6.45, 7) is 4.22. The second kappa shape index (κ2) is 6.14. The van der Waals surface area contributed by atoms with Crippen molar-refractivity contribution in [3.8, 4) is 5.75 Å². The standard InChI is InChI=1S/C13H15N3O4/c1-9(2)6-12-14-13(20-15-12)8-19-11-5-3-4-10(7-11)16(17)18/h3-5,7,9H,6,8H2,1-2H3. The zero-order valence-electron chi connectivity index (χ0n) is 11.3. The van der Waals surface area contributed by atoms with Crippen LogP contribution < -0.4 is 4.74 Å². The first-order chi connectivity index (χ1) is 9.54. The first-order valence-corrected chi connectivity index (χ1v) is 6.23. The number of ether oxygens (including phenoxy) is 1. The molecule has 0 N–H and O–H groups in total. The van der Waals surface area contributed by atoms with Crippen molar-refractivity contribution in [2.45, 2.75) is 26.9 Å². The molecule has 1 aromatic heterocycles. The molecule has 0 bridgehead atoms. The molecule has 106 valence electrons. The summed E-state index contributed by atoms with van der Waals surface area (Å²) in [5, 5.41) is 14.5. The van der Waals surface area contributed by atoms with Crippen molar-refractivity contribution in [1.82, 2.24) is 10.1 Å². The van der Waals surface area contributed by atoms with Crippen LogP contribution in [0.15, 0.2) is 28.8 Å². The molecule has 2 rings (SSSR count). The topological polar surface area (TPSA) is 91.3 Å². The van der Waals surface area contributed by atoms with Gasteiger partial charge in [0.2, 0.25) is 0 Å². The summed E-state index contributed by atoms with van der Waals surface area (Å²) in [5.74, 6) is 1.82. The second-order valence-electron chi connectivity index (χ2n) is 4.75. The van der Waals surface area contributed by atoms with Crippen LogP contribution >= 0.6 is 0 Å². The molecule has 1 aromatic carbocycles. The lowest BCUT2D eigenvalue weighted by molar-refractivity contribution is -0.384. The van der Waals surface area contributed by atoms with E-state index in [2.05, 4.69) is 24.0 Å². The van der Waals surface area contributed by atoms with E-state index in [0.29, 0.717) is 23.4 Å². The first kappa shape index (κ1) is 14.0. The lowest BCUT2D eigenvalue weighted by atomic mass is 10.1. The van der Waals surface area contributed by atoms with Gasteiger partial charge in [-0.15, -0.1) is 0 Å². The smallest absolute Gasteiger partial charge is 0.273 e. The predicted molar refractivity (Wildman–Crippen MR) is 70.3 cm³/mol. The molecular weight excluding hydrogens is 262 g/mol. The van der Waals surface area contributed by atoms with Crippen molar-refractivity contribution in [3.63, 3.8) is 0 Å². The molecule has 0 unspecified atom stereocenters. The van der Waals surface area contributed by atoms with Crippen LogP contribution in [0.2, 0.25) is 0 Å². The Hall–Kier alpha value is -2.44. The van der Waals surface area contributed by atoms with Crippen molar-refractivity contribution >= 4 is 5.69 Å². The minimum absolute atomic E-state index is 0.0199. The van der Waals surface area contributed by atoms with Gasteiger partial charge in [0.15, 0.2) is 12.4 Å². The van der Waals surface area contributed by atoms with Gasteiger partial charge in [-0.05, 0) is 12.0 Å². The Morgan fingerprint density at radius 1 is 1.45 bits per heavy atom. The normalized spacial score (nSPS) is 10.8. The minimum atomic E-state index is -0.472. The van der Waals surface area contributed by atoms with Crippen LogP contribution in [-0.2, 0) is 13.0 Å². The number of nitrogens with zero attached hydrogens (tertiary/aromatic N) is 3. The fourth-order valence-electron chi connectivity index (χ4n) is 1.63. The Kier molecular flexibility index (Phi) is 4.29. The summed E-state index contributed by atoms with van der Waals surface area (Å²) >= 11 is 0. The van der Waals surface area contributed by atoms with Gasteiger partial charge in [-0.1, -0.05) is 25.1 Å². The summed E-state index contributed by atoms with van der Waals surface area (Å²) < 4.78 is 10.4. The molecule has 0 radical (unpaired) electrons. The summed E-state index contributed by atoms with van der Waals surface area (Å²) in [6, 6.07) is 5.95. The summed E-state index contributed by atoms with van der Waals surface area (Å²) in [5.41, 5.74) is -0.0199. The third-order valence-corrected chi connectivity index (χ3v) is 2.49. The quantitative estimate of drug-likeness (QED) is 0.595. The van der Waals surface area contributed by atoms with Gasteiger partial charge in [0, 0.05) is 12.5 Å². The Morgan fingerprint density at radius 2 is 2.25 bits per heavy atom. The SMILES string of the molecule is CC(C)Cc1noc(COc2cccc([N+](=O)[O-])c2)n1. The van der Waals surface area contributed by atoms with E-state index in [1.165, 1.54) is 12.1 Å². The van der Waals surface area contributed by atoms with Crippen LogP contribution in [0.5, 0.6) is 5.75 Å². The Morgan fingerprint density at radius 3 is 2.95 bits per heavy atom. The van der Waals surface area contributed by atoms with Crippen molar-refractivity contribution in [3.05, 3.63) is 46.1 Å². The molecule has 7 nitrogen and oxygen atoms in total. The fraction of sp³-hybridized carbons (Fsp3) is 0.385. The number of benzene rings is 1. The zero-order valence-corrected chi connectivity index (χ0v) is 11.3. The van der Waals surface area contributed by atoms with Gasteiger partial charge in [0.1, 0.15) is 5.75 Å². The van der Waals surface area contributed by atoms with Gasteiger partial charge < -0.3 is 9.26 Å². The lowest BCUT2D eigenvalue weighted by Gasteiger charge is -2.02. The fourth-order valence-corrected chi connectivity index (χ4v) is 1.63. The highest BCUT2D eigenvalue weighted by Gasteiger charge is 2.10. The first-order valence-electron chi connectivity index (χ1n) is 6.23. The molecule has 0 fully saturated rings. The molecule has 0 saturated heterocycles. The molecule has 1 heterocycles. The number of nitro benzene ring substituents is 1. The van der Waals surface area contributed by atoms with E-state index in [0.717, 1.165) is 6.42 Å². The number of hydrogen-bond acceptors (Lipinski definition) is 6. The summed E-state index contributed by atoms with van der Waals surface area (Å²) in [4.78, 5) is 14.4. The molecule has 20 heavy (non-hydrogen) atoms. The van der Waals surface area contributed by atoms with Crippen LogP contribution in [0.3, 0.4) is 0 Å². The van der Waals surface area contributed by atoms with E-state index in [-0.39, 0.29) is 12.3 Å². The summed E-state index contributed by atoms with van der Waals surface area (Å²) in [7, 11) is 0. The maximum atomic E-state index is 10.6. The molecule has 0 atom stereocenters. The molecule has 0 amide bonds. The number of non-ortho nitro benzene ring substituents is 1. The molecule has 2 aromatic rings. The predicted octanol–water partition coefficient (Wildman–Crippen LogP) is 2.76. The van der Waals surface area contributed by atoms with Gasteiger partial charge >= 0.3 is 0 Å². The number of rotatable bonds is 6. The molecular formula is C13H15N3O4. The van der Waals surface area contributed by atoms with Crippen molar-refractivity contribution < 1.29 is 14.2 Å². The second-order valence-corrected chi connectivity index (χ2v) is 4.75. The highest BCUT2D eigenvalue weighted by atomic mass is 16.6. The summed E-state index contributed by atoms with van der Waals surface area (Å²) in [6.07, 6.45) is 0.736. The van der Waals surface area contributed by atoms with Gasteiger partial charge in [-0.3, -0.25) is 10.1 Å². The molecule has 0 aliphatic carbocycles. The van der Waals surface area contributed by atoms with Gasteiger partial charge in [-0.25, -0.2) is 0 Å². The number of hydrogen-bond donors (Lipinski definition) is 0. The van der Waals surface area contributed by atoms with Crippen molar-refractivity contribution in [2.75, 3.05) is 0 Å². The van der Waals surface area contributed by atoms with Crippen molar-refractivity contribution in [2.24, 2.45) is 5.92 Å². The molecule has 0 aliphatic rings. The van der Waals surface area contributed by atoms with Gasteiger partial charge in [0.25, 0.3) is 11.6 Å². The van der Waals surface area contributed by atoms with E-state index in [1.807, 2.05) is 0 Å². The Bertz CT molecular complexity index is 595. The third kappa shape index (κ3) is 3.78. The van der Waals surface area contributed by atoms with E-state index < -0.39 is 4.92 Å². The highest BCUT2D eigenvalue weighted by molar-refractivity contribution is 5.37. The van der Waals surface area contributed by atoms with Crippen LogP contribution in [0, 0.1) is 16.0 Å². The maximum Gasteiger partial charge on any atom is 0.273 e. The average Bonchev–Trinajstić information content (AvgIpc) is 2.83. The van der Waals surface area contributed by atoms with E-state index in [9.17, 15) is 10.1 Å². The number of aromatic nitrogens is 2. The van der Waals surface area contributed by atoms with Crippen LogP contribution in [0.25, 0.3) is 0 Å². The van der Waals surface area contributed by atoms with E-state index in [1.54, 1.807) is 12.1 Å². The molecule has 7 heteroatoms. The highest BCUT2D eigenvalue weighted by Crippen LogP contribution is 2.20. The molecule has 0 spiro atoms. The van der Waals surface area contributed by atoms with Crippen molar-refractivity contribution in [1.29, 1.82) is 0 Å². The van der Waals surface area contributed by atoms with Crippen LogP contribution in [0.1, 0.15) is 25.6 Å². The average molecular weight is 277 g/mol. The zero-order chi connectivity index (χ0) is 14.5. The largest absolute Gasteiger partial charge is 0.484 e. The Balaban J connectivity index is 1.96. The number of nitro groups is 1. The molecule has 0 saturated carbocycles. The van der Waals surface area contributed by atoms with Crippen LogP contribution in [-0.4, -0.2) is 15.1 Å². The Labute approximate surface area is 115 Å².